The Bertz CT molecular complexity index is 1110. The summed E-state index contributed by atoms with van der Waals surface area (Å²) in [7, 11) is -4.29. The normalized spacial score (nSPS) is 13.4. The minimum atomic E-state index is -4.29. The fourth-order valence-corrected chi connectivity index (χ4v) is 8.34. The predicted molar refractivity (Wildman–Crippen MR) is 262 cm³/mol. The summed E-state index contributed by atoms with van der Waals surface area (Å²) in [6, 6.07) is 0. The number of esters is 2. The molecule has 8 nitrogen and oxygen atoms in total. The van der Waals surface area contributed by atoms with Gasteiger partial charge in [-0.3, -0.25) is 18.6 Å². The van der Waals surface area contributed by atoms with E-state index in [1.54, 1.807) is 6.92 Å². The highest BCUT2D eigenvalue weighted by Crippen LogP contribution is 2.43. The Morgan fingerprint density at radius 1 is 0.435 bits per heavy atom. The van der Waals surface area contributed by atoms with Crippen LogP contribution in [0.2, 0.25) is 0 Å². The highest BCUT2D eigenvalue weighted by atomic mass is 31.2. The number of phosphoric ester groups is 1. The van der Waals surface area contributed by atoms with Crippen LogP contribution in [-0.2, 0) is 32.7 Å². The van der Waals surface area contributed by atoms with Gasteiger partial charge in [-0.1, -0.05) is 230 Å². The van der Waals surface area contributed by atoms with E-state index in [2.05, 4.69) is 50.3 Å². The van der Waals surface area contributed by atoms with Crippen LogP contribution in [0.1, 0.15) is 265 Å². The molecule has 0 aromatic carbocycles. The van der Waals surface area contributed by atoms with Gasteiger partial charge in [0.1, 0.15) is 6.61 Å². The first-order chi connectivity index (χ1) is 30.3. The van der Waals surface area contributed by atoms with Crippen LogP contribution in [0.4, 0.5) is 0 Å². The summed E-state index contributed by atoms with van der Waals surface area (Å²) >= 11 is 0. The summed E-state index contributed by atoms with van der Waals surface area (Å²) < 4.78 is 32.8. The van der Waals surface area contributed by atoms with Crippen molar-refractivity contribution in [2.24, 2.45) is 0 Å². The van der Waals surface area contributed by atoms with E-state index < -0.39 is 26.5 Å². The number of carbonyl (C=O) groups is 2. The maximum atomic E-state index is 12.6. The number of hydrogen-bond donors (Lipinski definition) is 1. The largest absolute Gasteiger partial charge is 0.472 e. The Labute approximate surface area is 383 Å². The molecule has 0 aliphatic rings. The number of hydrogen-bond acceptors (Lipinski definition) is 7. The number of phosphoric acid groups is 1. The quantitative estimate of drug-likeness (QED) is 0.0278. The molecule has 0 aliphatic carbocycles. The lowest BCUT2D eigenvalue weighted by molar-refractivity contribution is -0.161. The summed E-state index contributed by atoms with van der Waals surface area (Å²) in [5.74, 6) is -0.800. The summed E-state index contributed by atoms with van der Waals surface area (Å²) in [6.07, 6.45) is 57.8. The van der Waals surface area contributed by atoms with E-state index >= 15 is 0 Å². The molecule has 0 aromatic heterocycles. The lowest BCUT2D eigenvalue weighted by Gasteiger charge is -2.19. The molecular formula is C53H99O8P. The van der Waals surface area contributed by atoms with Crippen molar-refractivity contribution >= 4 is 19.8 Å². The monoisotopic (exact) mass is 895 g/mol. The van der Waals surface area contributed by atoms with Gasteiger partial charge >= 0.3 is 19.8 Å². The number of rotatable bonds is 49. The molecule has 0 radical (unpaired) electrons. The van der Waals surface area contributed by atoms with Gasteiger partial charge in [0.25, 0.3) is 0 Å². The van der Waals surface area contributed by atoms with E-state index in [4.69, 9.17) is 18.5 Å². The summed E-state index contributed by atoms with van der Waals surface area (Å²) in [5, 5.41) is 0. The fraction of sp³-hybridized carbons (Fsp3) is 0.849. The van der Waals surface area contributed by atoms with Crippen molar-refractivity contribution in [3.8, 4) is 0 Å². The molecule has 0 saturated heterocycles. The van der Waals surface area contributed by atoms with Crippen molar-refractivity contribution in [2.75, 3.05) is 19.8 Å². The molecule has 0 bridgehead atoms. The van der Waals surface area contributed by atoms with Gasteiger partial charge in [-0.15, -0.1) is 0 Å². The van der Waals surface area contributed by atoms with E-state index in [-0.39, 0.29) is 25.6 Å². The minimum absolute atomic E-state index is 0.00134. The Hall–Kier alpha value is -1.73. The molecule has 0 aromatic rings. The lowest BCUT2D eigenvalue weighted by Crippen LogP contribution is -2.29. The first-order valence-electron chi connectivity index (χ1n) is 26.3. The first-order valence-corrected chi connectivity index (χ1v) is 27.8. The number of unbranched alkanes of at least 4 members (excludes halogenated alkanes) is 31. The van der Waals surface area contributed by atoms with E-state index in [1.165, 1.54) is 167 Å². The van der Waals surface area contributed by atoms with Gasteiger partial charge in [0.15, 0.2) is 6.10 Å². The highest BCUT2D eigenvalue weighted by Gasteiger charge is 2.25. The van der Waals surface area contributed by atoms with E-state index in [0.717, 1.165) is 57.8 Å². The van der Waals surface area contributed by atoms with Crippen molar-refractivity contribution in [3.63, 3.8) is 0 Å². The summed E-state index contributed by atoms with van der Waals surface area (Å²) in [5.41, 5.74) is 0. The lowest BCUT2D eigenvalue weighted by atomic mass is 10.0. The topological polar surface area (TPSA) is 108 Å². The second kappa shape index (κ2) is 48.7. The van der Waals surface area contributed by atoms with Crippen LogP contribution in [0.3, 0.4) is 0 Å². The molecule has 0 saturated carbocycles. The molecule has 0 rings (SSSR count). The molecule has 364 valence electrons. The van der Waals surface area contributed by atoms with E-state index in [0.29, 0.717) is 12.8 Å². The first kappa shape index (κ1) is 60.3. The fourth-order valence-electron chi connectivity index (χ4n) is 7.58. The molecular weight excluding hydrogens is 796 g/mol. The molecule has 0 aliphatic heterocycles. The zero-order chi connectivity index (χ0) is 45.3. The van der Waals surface area contributed by atoms with Crippen LogP contribution in [-0.4, -0.2) is 42.8 Å². The molecule has 62 heavy (non-hydrogen) atoms. The van der Waals surface area contributed by atoms with Crippen molar-refractivity contribution in [1.29, 1.82) is 0 Å². The van der Waals surface area contributed by atoms with Crippen LogP contribution in [0.25, 0.3) is 0 Å². The van der Waals surface area contributed by atoms with Gasteiger partial charge in [0, 0.05) is 12.8 Å². The number of carbonyl (C=O) groups excluding carboxylic acids is 2. The third kappa shape index (κ3) is 47.7. The van der Waals surface area contributed by atoms with Crippen molar-refractivity contribution < 1.29 is 37.6 Å². The second-order valence-corrected chi connectivity index (χ2v) is 19.0. The van der Waals surface area contributed by atoms with E-state index in [1.807, 2.05) is 0 Å². The van der Waals surface area contributed by atoms with Gasteiger partial charge in [-0.2, -0.15) is 0 Å². The van der Waals surface area contributed by atoms with Gasteiger partial charge < -0.3 is 14.4 Å². The molecule has 0 fully saturated rings. The van der Waals surface area contributed by atoms with E-state index in [9.17, 15) is 19.0 Å². The zero-order valence-corrected chi connectivity index (χ0v) is 41.7. The van der Waals surface area contributed by atoms with Crippen LogP contribution in [0.15, 0.2) is 36.5 Å². The van der Waals surface area contributed by atoms with Crippen molar-refractivity contribution in [3.05, 3.63) is 36.5 Å². The standard InChI is InChI=1S/C53H99O8P/c1-4-7-9-11-13-15-17-19-21-23-25-26-27-28-30-31-33-35-37-39-41-43-45-47-52(54)58-49-51(50-60-62(56,57)59-6-3)61-53(55)48-46-44-42-40-38-36-34-32-29-24-22-20-18-16-14-12-10-8-5-2/h14,16,20,22,29,32,51H,4-13,15,17-19,21,23-28,30-31,33-50H2,1-3H3,(H,56,57)/b16-14-,22-20-,32-29-. The molecule has 1 N–H and O–H groups in total. The third-order valence-electron chi connectivity index (χ3n) is 11.4. The zero-order valence-electron chi connectivity index (χ0n) is 40.8. The molecule has 2 atom stereocenters. The summed E-state index contributed by atoms with van der Waals surface area (Å²) in [4.78, 5) is 34.9. The van der Waals surface area contributed by atoms with Crippen molar-refractivity contribution in [1.82, 2.24) is 0 Å². The van der Waals surface area contributed by atoms with Crippen molar-refractivity contribution in [2.45, 2.75) is 271 Å². The highest BCUT2D eigenvalue weighted by molar-refractivity contribution is 7.47. The average molecular weight is 895 g/mol. The van der Waals surface area contributed by atoms with Gasteiger partial charge in [0.05, 0.1) is 13.2 Å². The Kier molecular flexibility index (Phi) is 47.4. The second-order valence-electron chi connectivity index (χ2n) is 17.5. The summed E-state index contributed by atoms with van der Waals surface area (Å²) in [6.45, 7) is 5.48. The molecule has 9 heteroatoms. The Morgan fingerprint density at radius 3 is 1.19 bits per heavy atom. The number of allylic oxidation sites excluding steroid dienone is 6. The molecule has 0 spiro atoms. The predicted octanol–water partition coefficient (Wildman–Crippen LogP) is 17.1. The Balaban J connectivity index is 3.95. The average Bonchev–Trinajstić information content (AvgIpc) is 3.25. The maximum Gasteiger partial charge on any atom is 0.472 e. The van der Waals surface area contributed by atoms with Crippen LogP contribution in [0, 0.1) is 0 Å². The SMILES string of the molecule is CCCCC/C=C\C/C=C\C/C=C\CCCCCCCCC(=O)OC(COC(=O)CCCCCCCCCCCCCCCCCCCCCCCCC)COP(=O)(O)OCC. The van der Waals surface area contributed by atoms with Gasteiger partial charge in [-0.25, -0.2) is 4.57 Å². The smallest absolute Gasteiger partial charge is 0.462 e. The van der Waals surface area contributed by atoms with Crippen LogP contribution < -0.4 is 0 Å². The van der Waals surface area contributed by atoms with Gasteiger partial charge in [-0.05, 0) is 58.3 Å². The molecule has 0 amide bonds. The minimum Gasteiger partial charge on any atom is -0.462 e. The van der Waals surface area contributed by atoms with Gasteiger partial charge in [0.2, 0.25) is 0 Å². The van der Waals surface area contributed by atoms with Crippen LogP contribution in [0.5, 0.6) is 0 Å². The Morgan fingerprint density at radius 2 is 0.774 bits per heavy atom. The molecule has 2 unspecified atom stereocenters. The third-order valence-corrected chi connectivity index (χ3v) is 12.5. The maximum absolute atomic E-state index is 12.6. The van der Waals surface area contributed by atoms with Crippen LogP contribution >= 0.6 is 7.82 Å². The number of ether oxygens (including phenoxy) is 2. The molecule has 0 heterocycles.